The number of carbonyl (C=O) groups excluding carboxylic acids is 1. The molecule has 18 heavy (non-hydrogen) atoms. The van der Waals surface area contributed by atoms with Crippen molar-refractivity contribution in [3.63, 3.8) is 0 Å². The SMILES string of the molecule is Cc1ccccc1CN(C)CC(=O)NC(C)(C)C. The van der Waals surface area contributed by atoms with Gasteiger partial charge in [0.1, 0.15) is 0 Å². The minimum atomic E-state index is -0.166. The number of aryl methyl sites for hydroxylation is 1. The molecule has 0 saturated carbocycles. The molecule has 0 aliphatic carbocycles. The zero-order valence-electron chi connectivity index (χ0n) is 12.1. The number of nitrogens with one attached hydrogen (secondary N) is 1. The summed E-state index contributed by atoms with van der Waals surface area (Å²) in [5.74, 6) is 0.0681. The van der Waals surface area contributed by atoms with Crippen molar-refractivity contribution in [2.75, 3.05) is 13.6 Å². The summed E-state index contributed by atoms with van der Waals surface area (Å²) in [6, 6.07) is 8.27. The fourth-order valence-electron chi connectivity index (χ4n) is 1.84. The molecule has 0 saturated heterocycles. The summed E-state index contributed by atoms with van der Waals surface area (Å²) in [6.07, 6.45) is 0. The van der Waals surface area contributed by atoms with Crippen LogP contribution in [0.15, 0.2) is 24.3 Å². The molecule has 0 aromatic heterocycles. The van der Waals surface area contributed by atoms with Crippen LogP contribution in [0.5, 0.6) is 0 Å². The molecular formula is C15H24N2O. The van der Waals surface area contributed by atoms with Crippen LogP contribution in [-0.4, -0.2) is 29.9 Å². The van der Waals surface area contributed by atoms with Gasteiger partial charge in [0.05, 0.1) is 6.54 Å². The van der Waals surface area contributed by atoms with E-state index < -0.39 is 0 Å². The van der Waals surface area contributed by atoms with Gasteiger partial charge in [-0.1, -0.05) is 24.3 Å². The van der Waals surface area contributed by atoms with Crippen LogP contribution in [0.1, 0.15) is 31.9 Å². The van der Waals surface area contributed by atoms with Gasteiger partial charge in [0, 0.05) is 12.1 Å². The summed E-state index contributed by atoms with van der Waals surface area (Å²) in [7, 11) is 1.97. The molecule has 1 aromatic carbocycles. The summed E-state index contributed by atoms with van der Waals surface area (Å²) in [6.45, 7) is 9.29. The van der Waals surface area contributed by atoms with E-state index in [1.807, 2.05) is 44.9 Å². The first-order valence-electron chi connectivity index (χ1n) is 6.32. The Bertz CT molecular complexity index is 407. The number of hydrogen-bond acceptors (Lipinski definition) is 2. The van der Waals surface area contributed by atoms with Crippen molar-refractivity contribution in [3.8, 4) is 0 Å². The number of hydrogen-bond donors (Lipinski definition) is 1. The third kappa shape index (κ3) is 5.32. The molecule has 0 heterocycles. The molecule has 3 heteroatoms. The van der Waals surface area contributed by atoms with Crippen molar-refractivity contribution < 1.29 is 4.79 Å². The van der Waals surface area contributed by atoms with E-state index in [-0.39, 0.29) is 11.4 Å². The average molecular weight is 248 g/mol. The minimum Gasteiger partial charge on any atom is -0.350 e. The van der Waals surface area contributed by atoms with Gasteiger partial charge >= 0.3 is 0 Å². The van der Waals surface area contributed by atoms with E-state index in [2.05, 4.69) is 24.4 Å². The molecule has 1 N–H and O–H groups in total. The van der Waals surface area contributed by atoms with Crippen LogP contribution < -0.4 is 5.32 Å². The first kappa shape index (κ1) is 14.7. The highest BCUT2D eigenvalue weighted by Gasteiger charge is 2.15. The Labute approximate surface area is 110 Å². The summed E-state index contributed by atoms with van der Waals surface area (Å²) < 4.78 is 0. The maximum atomic E-state index is 11.8. The van der Waals surface area contributed by atoms with Gasteiger partial charge in [0.15, 0.2) is 0 Å². The molecule has 0 aliphatic heterocycles. The van der Waals surface area contributed by atoms with Gasteiger partial charge in [-0.15, -0.1) is 0 Å². The number of amides is 1. The van der Waals surface area contributed by atoms with Gasteiger partial charge in [0.2, 0.25) is 5.91 Å². The molecule has 0 atom stereocenters. The summed E-state index contributed by atoms with van der Waals surface area (Å²) in [4.78, 5) is 13.8. The second-order valence-corrected chi connectivity index (χ2v) is 5.90. The Morgan fingerprint density at radius 3 is 2.44 bits per heavy atom. The predicted molar refractivity (Wildman–Crippen MR) is 75.4 cm³/mol. The molecular weight excluding hydrogens is 224 g/mol. The largest absolute Gasteiger partial charge is 0.350 e. The Kier molecular flexibility index (Phi) is 4.91. The van der Waals surface area contributed by atoms with Crippen molar-refractivity contribution in [2.45, 2.75) is 39.8 Å². The van der Waals surface area contributed by atoms with Crippen molar-refractivity contribution in [2.24, 2.45) is 0 Å². The van der Waals surface area contributed by atoms with Crippen LogP contribution in [0.25, 0.3) is 0 Å². The summed E-state index contributed by atoms with van der Waals surface area (Å²) >= 11 is 0. The molecule has 3 nitrogen and oxygen atoms in total. The van der Waals surface area contributed by atoms with Gasteiger partial charge < -0.3 is 5.32 Å². The van der Waals surface area contributed by atoms with E-state index in [0.717, 1.165) is 6.54 Å². The average Bonchev–Trinajstić information content (AvgIpc) is 2.18. The maximum Gasteiger partial charge on any atom is 0.234 e. The second-order valence-electron chi connectivity index (χ2n) is 5.90. The number of rotatable bonds is 4. The number of nitrogens with zero attached hydrogens (tertiary/aromatic N) is 1. The minimum absolute atomic E-state index is 0.0681. The highest BCUT2D eigenvalue weighted by molar-refractivity contribution is 5.78. The third-order valence-corrected chi connectivity index (χ3v) is 2.63. The topological polar surface area (TPSA) is 32.3 Å². The Balaban J connectivity index is 2.50. The van der Waals surface area contributed by atoms with Gasteiger partial charge in [-0.3, -0.25) is 9.69 Å². The lowest BCUT2D eigenvalue weighted by Crippen LogP contribution is -2.45. The lowest BCUT2D eigenvalue weighted by atomic mass is 10.1. The van der Waals surface area contributed by atoms with Gasteiger partial charge in [-0.25, -0.2) is 0 Å². The van der Waals surface area contributed by atoms with E-state index in [1.165, 1.54) is 11.1 Å². The molecule has 1 aromatic rings. The number of carbonyl (C=O) groups is 1. The van der Waals surface area contributed by atoms with Crippen molar-refractivity contribution >= 4 is 5.91 Å². The van der Waals surface area contributed by atoms with Gasteiger partial charge in [0.25, 0.3) is 0 Å². The monoisotopic (exact) mass is 248 g/mol. The molecule has 1 amide bonds. The second kappa shape index (κ2) is 6.01. The molecule has 0 bridgehead atoms. The highest BCUT2D eigenvalue weighted by atomic mass is 16.2. The van der Waals surface area contributed by atoms with E-state index in [9.17, 15) is 4.79 Å². The quantitative estimate of drug-likeness (QED) is 0.887. The molecule has 0 unspecified atom stereocenters. The lowest BCUT2D eigenvalue weighted by Gasteiger charge is -2.23. The number of benzene rings is 1. The van der Waals surface area contributed by atoms with E-state index >= 15 is 0 Å². The van der Waals surface area contributed by atoms with E-state index in [1.54, 1.807) is 0 Å². The summed E-state index contributed by atoms with van der Waals surface area (Å²) in [5.41, 5.74) is 2.37. The zero-order valence-corrected chi connectivity index (χ0v) is 12.1. The standard InChI is InChI=1S/C15H24N2O/c1-12-8-6-7-9-13(12)10-17(5)11-14(18)16-15(2,3)4/h6-9H,10-11H2,1-5H3,(H,16,18). The lowest BCUT2D eigenvalue weighted by molar-refractivity contribution is -0.123. The van der Waals surface area contributed by atoms with Crippen LogP contribution in [0.4, 0.5) is 0 Å². The van der Waals surface area contributed by atoms with Crippen LogP contribution in [0.3, 0.4) is 0 Å². The highest BCUT2D eigenvalue weighted by Crippen LogP contribution is 2.09. The molecule has 0 aliphatic rings. The normalized spacial score (nSPS) is 11.7. The van der Waals surface area contributed by atoms with E-state index in [4.69, 9.17) is 0 Å². The number of likely N-dealkylation sites (N-methyl/N-ethyl adjacent to an activating group) is 1. The molecule has 100 valence electrons. The Hall–Kier alpha value is -1.35. The van der Waals surface area contributed by atoms with Gasteiger partial charge in [-0.05, 0) is 45.9 Å². The maximum absolute atomic E-state index is 11.8. The Morgan fingerprint density at radius 1 is 1.28 bits per heavy atom. The molecule has 0 radical (unpaired) electrons. The van der Waals surface area contributed by atoms with Crippen molar-refractivity contribution in [1.29, 1.82) is 0 Å². The molecule has 1 rings (SSSR count). The predicted octanol–water partition coefficient (Wildman–Crippen LogP) is 2.34. The first-order valence-corrected chi connectivity index (χ1v) is 6.32. The van der Waals surface area contributed by atoms with Crippen LogP contribution in [0, 0.1) is 6.92 Å². The Morgan fingerprint density at radius 2 is 1.89 bits per heavy atom. The zero-order chi connectivity index (χ0) is 13.8. The first-order chi connectivity index (χ1) is 8.28. The van der Waals surface area contributed by atoms with Crippen molar-refractivity contribution in [3.05, 3.63) is 35.4 Å². The molecule has 0 fully saturated rings. The van der Waals surface area contributed by atoms with Crippen molar-refractivity contribution in [1.82, 2.24) is 10.2 Å². The van der Waals surface area contributed by atoms with E-state index in [0.29, 0.717) is 6.54 Å². The summed E-state index contributed by atoms with van der Waals surface area (Å²) in [5, 5.41) is 2.97. The third-order valence-electron chi connectivity index (χ3n) is 2.63. The van der Waals surface area contributed by atoms with Crippen LogP contribution in [0.2, 0.25) is 0 Å². The molecule has 0 spiro atoms. The fourth-order valence-corrected chi connectivity index (χ4v) is 1.84. The van der Waals surface area contributed by atoms with Crippen LogP contribution >= 0.6 is 0 Å². The fraction of sp³-hybridized carbons (Fsp3) is 0.533. The smallest absolute Gasteiger partial charge is 0.234 e. The van der Waals surface area contributed by atoms with Gasteiger partial charge in [-0.2, -0.15) is 0 Å². The van der Waals surface area contributed by atoms with Crippen LogP contribution in [-0.2, 0) is 11.3 Å².